The molecule has 1 rings (SSSR count). The molecule has 0 spiro atoms. The lowest BCUT2D eigenvalue weighted by molar-refractivity contribution is 0.416. The number of nitrogen functional groups attached to an aromatic ring is 1. The summed E-state index contributed by atoms with van der Waals surface area (Å²) in [6, 6.07) is 4.81. The summed E-state index contributed by atoms with van der Waals surface area (Å²) in [7, 11) is -1.27. The van der Waals surface area contributed by atoms with Crippen LogP contribution in [0.5, 0.6) is 5.75 Å². The fourth-order valence-corrected chi connectivity index (χ4v) is 2.25. The second-order valence-corrected chi connectivity index (χ2v) is 6.17. The van der Waals surface area contributed by atoms with E-state index in [0.29, 0.717) is 16.3 Å². The molecule has 0 aromatic heterocycles. The zero-order valence-electron chi connectivity index (χ0n) is 9.11. The first-order chi connectivity index (χ1) is 6.89. The molecule has 0 saturated carbocycles. The number of nitrogens with two attached hydrogens (primary N) is 1. The maximum absolute atomic E-state index is 12.0. The second-order valence-electron chi connectivity index (χ2n) is 3.55. The Bertz CT molecular complexity index is 452. The molecule has 4 nitrogen and oxygen atoms in total. The van der Waals surface area contributed by atoms with E-state index >= 15 is 0 Å². The smallest absolute Gasteiger partial charge is 0.142 e. The van der Waals surface area contributed by atoms with Crippen molar-refractivity contribution < 1.29 is 8.95 Å². The van der Waals surface area contributed by atoms with Crippen molar-refractivity contribution in [2.75, 3.05) is 12.8 Å². The van der Waals surface area contributed by atoms with Crippen LogP contribution in [0.3, 0.4) is 0 Å². The van der Waals surface area contributed by atoms with Crippen molar-refractivity contribution in [2.45, 2.75) is 24.0 Å². The van der Waals surface area contributed by atoms with Crippen LogP contribution in [0.1, 0.15) is 13.8 Å². The van der Waals surface area contributed by atoms with Crippen molar-refractivity contribution in [3.05, 3.63) is 18.2 Å². The summed E-state index contributed by atoms with van der Waals surface area (Å²) in [5.41, 5.74) is 6.13. The highest BCUT2D eigenvalue weighted by molar-refractivity contribution is 7.93. The average molecular weight is 228 g/mol. The average Bonchev–Trinajstić information content (AvgIpc) is 2.18. The first-order valence-corrected chi connectivity index (χ1v) is 6.23. The molecule has 0 aliphatic heterocycles. The third-order valence-corrected chi connectivity index (χ3v) is 4.50. The minimum atomic E-state index is -2.76. The predicted molar refractivity (Wildman–Crippen MR) is 61.7 cm³/mol. The Morgan fingerprint density at radius 3 is 2.53 bits per heavy atom. The molecule has 5 heteroatoms. The van der Waals surface area contributed by atoms with Crippen LogP contribution in [0.2, 0.25) is 0 Å². The van der Waals surface area contributed by atoms with E-state index in [0.717, 1.165) is 0 Å². The first kappa shape index (κ1) is 11.8. The number of rotatable bonds is 3. The summed E-state index contributed by atoms with van der Waals surface area (Å²) in [4.78, 5) is 0.462. The molecule has 1 aromatic carbocycles. The van der Waals surface area contributed by atoms with Gasteiger partial charge in [0.25, 0.3) is 0 Å². The highest BCUT2D eigenvalue weighted by Crippen LogP contribution is 2.26. The number of hydrogen-bond acceptors (Lipinski definition) is 4. The molecule has 0 saturated heterocycles. The van der Waals surface area contributed by atoms with Crippen LogP contribution in [0.15, 0.2) is 23.1 Å². The van der Waals surface area contributed by atoms with E-state index in [1.54, 1.807) is 32.0 Å². The van der Waals surface area contributed by atoms with Crippen molar-refractivity contribution in [2.24, 2.45) is 0 Å². The predicted octanol–water partition coefficient (Wildman–Crippen LogP) is 2.09. The molecule has 0 fully saturated rings. The number of ether oxygens (including phenoxy) is 1. The van der Waals surface area contributed by atoms with E-state index in [-0.39, 0.29) is 5.25 Å². The topological polar surface area (TPSA) is 76.2 Å². The molecule has 15 heavy (non-hydrogen) atoms. The van der Waals surface area contributed by atoms with Crippen molar-refractivity contribution >= 4 is 15.4 Å². The summed E-state index contributed by atoms with van der Waals surface area (Å²) < 4.78 is 24.9. The van der Waals surface area contributed by atoms with Crippen molar-refractivity contribution in [3.8, 4) is 5.75 Å². The number of hydrogen-bond donors (Lipinski definition) is 2. The number of benzene rings is 1. The Morgan fingerprint density at radius 2 is 2.07 bits per heavy atom. The lowest BCUT2D eigenvalue weighted by atomic mass is 10.3. The Morgan fingerprint density at radius 1 is 1.47 bits per heavy atom. The lowest BCUT2D eigenvalue weighted by Gasteiger charge is -2.13. The van der Waals surface area contributed by atoms with Gasteiger partial charge in [0.2, 0.25) is 0 Å². The Kier molecular flexibility index (Phi) is 3.24. The molecule has 1 unspecified atom stereocenters. The van der Waals surface area contributed by atoms with Crippen LogP contribution in [0.25, 0.3) is 0 Å². The van der Waals surface area contributed by atoms with Gasteiger partial charge in [-0.25, -0.2) is 8.99 Å². The molecule has 0 aliphatic carbocycles. The molecule has 0 aliphatic rings. The Labute approximate surface area is 90.4 Å². The highest BCUT2D eigenvalue weighted by Gasteiger charge is 2.16. The molecule has 0 bridgehead atoms. The van der Waals surface area contributed by atoms with Crippen LogP contribution in [-0.2, 0) is 9.73 Å². The number of anilines is 1. The van der Waals surface area contributed by atoms with Gasteiger partial charge in [0.15, 0.2) is 0 Å². The maximum atomic E-state index is 12.0. The van der Waals surface area contributed by atoms with Crippen molar-refractivity contribution in [1.82, 2.24) is 0 Å². The van der Waals surface area contributed by atoms with E-state index < -0.39 is 9.73 Å². The first-order valence-electron chi connectivity index (χ1n) is 4.60. The van der Waals surface area contributed by atoms with Gasteiger partial charge in [-0.05, 0) is 32.0 Å². The van der Waals surface area contributed by atoms with E-state index in [1.807, 2.05) is 0 Å². The fraction of sp³-hybridized carbons (Fsp3) is 0.400. The molecule has 3 N–H and O–H groups in total. The molecular formula is C10H16N2O2S. The fourth-order valence-electron chi connectivity index (χ4n) is 1.15. The Hall–Kier alpha value is -1.23. The number of nitrogens with one attached hydrogen (secondary N) is 1. The van der Waals surface area contributed by atoms with Crippen LogP contribution >= 0.6 is 0 Å². The summed E-state index contributed by atoms with van der Waals surface area (Å²) in [5.74, 6) is 0.466. The summed E-state index contributed by atoms with van der Waals surface area (Å²) >= 11 is 0. The van der Waals surface area contributed by atoms with Gasteiger partial charge in [0.1, 0.15) is 5.75 Å². The number of methoxy groups -OCH3 is 1. The van der Waals surface area contributed by atoms with Gasteiger partial charge in [-0.1, -0.05) is 0 Å². The maximum Gasteiger partial charge on any atom is 0.142 e. The van der Waals surface area contributed by atoms with Crippen LogP contribution < -0.4 is 10.5 Å². The minimum absolute atomic E-state index is 0.231. The van der Waals surface area contributed by atoms with Gasteiger partial charge < -0.3 is 10.5 Å². The largest absolute Gasteiger partial charge is 0.495 e. The highest BCUT2D eigenvalue weighted by atomic mass is 32.2. The Balaban J connectivity index is 3.29. The third-order valence-electron chi connectivity index (χ3n) is 2.22. The summed E-state index contributed by atoms with van der Waals surface area (Å²) in [6.45, 7) is 3.52. The molecule has 0 amide bonds. The van der Waals surface area contributed by atoms with Crippen LogP contribution in [-0.4, -0.2) is 16.6 Å². The van der Waals surface area contributed by atoms with E-state index in [4.69, 9.17) is 15.3 Å². The lowest BCUT2D eigenvalue weighted by Crippen LogP contribution is -2.12. The van der Waals surface area contributed by atoms with Gasteiger partial charge in [0, 0.05) is 5.25 Å². The summed E-state index contributed by atoms with van der Waals surface area (Å²) in [6.07, 6.45) is 0. The van der Waals surface area contributed by atoms with Crippen molar-refractivity contribution in [1.29, 1.82) is 4.78 Å². The minimum Gasteiger partial charge on any atom is -0.495 e. The van der Waals surface area contributed by atoms with Gasteiger partial charge in [0.05, 0.1) is 27.4 Å². The molecule has 0 radical (unpaired) electrons. The zero-order valence-corrected chi connectivity index (χ0v) is 9.93. The van der Waals surface area contributed by atoms with E-state index in [2.05, 4.69) is 0 Å². The quantitative estimate of drug-likeness (QED) is 0.778. The molecule has 1 atom stereocenters. The second kappa shape index (κ2) is 4.10. The molecule has 0 heterocycles. The van der Waals surface area contributed by atoms with Crippen LogP contribution in [0, 0.1) is 4.78 Å². The van der Waals surface area contributed by atoms with E-state index in [9.17, 15) is 4.21 Å². The van der Waals surface area contributed by atoms with Gasteiger partial charge >= 0.3 is 0 Å². The van der Waals surface area contributed by atoms with Crippen LogP contribution in [0.4, 0.5) is 5.69 Å². The normalized spacial score (nSPS) is 14.9. The zero-order chi connectivity index (χ0) is 11.6. The van der Waals surface area contributed by atoms with Crippen molar-refractivity contribution in [3.63, 3.8) is 0 Å². The van der Waals surface area contributed by atoms with Gasteiger partial charge in [-0.3, -0.25) is 0 Å². The summed E-state index contributed by atoms with van der Waals surface area (Å²) in [5, 5.41) is -0.231. The van der Waals surface area contributed by atoms with Gasteiger partial charge in [-0.15, -0.1) is 0 Å². The third kappa shape index (κ3) is 2.23. The molecular weight excluding hydrogens is 212 g/mol. The molecule has 84 valence electrons. The van der Waals surface area contributed by atoms with E-state index in [1.165, 1.54) is 7.11 Å². The standard InChI is InChI=1S/C10H16N2O2S/c1-7(2)15(12,13)8-4-5-9(11)10(6-8)14-3/h4-7,12H,11H2,1-3H3. The monoisotopic (exact) mass is 228 g/mol. The molecule has 1 aromatic rings. The van der Waals surface area contributed by atoms with Gasteiger partial charge in [-0.2, -0.15) is 0 Å². The SMILES string of the molecule is COc1cc(S(=N)(=O)C(C)C)ccc1N.